The van der Waals surface area contributed by atoms with Gasteiger partial charge in [0.15, 0.2) is 0 Å². The van der Waals surface area contributed by atoms with Gasteiger partial charge in [-0.2, -0.15) is 0 Å². The number of nitrogens with one attached hydrogen (secondary N) is 3. The smallest absolute Gasteiger partial charge is 0.242 e. The highest BCUT2D eigenvalue weighted by Gasteiger charge is 2.16. The van der Waals surface area contributed by atoms with Gasteiger partial charge in [-0.3, -0.25) is 4.79 Å². The van der Waals surface area contributed by atoms with E-state index >= 15 is 0 Å². The van der Waals surface area contributed by atoms with Crippen LogP contribution in [0.5, 0.6) is 0 Å². The van der Waals surface area contributed by atoms with Crippen molar-refractivity contribution in [3.63, 3.8) is 0 Å². The molecule has 1 unspecified atom stereocenters. The Morgan fingerprint density at radius 3 is 2.21 bits per heavy atom. The first-order valence-electron chi connectivity index (χ1n) is 6.45. The zero-order valence-electron chi connectivity index (χ0n) is 12.5. The number of amides is 1. The molecule has 1 heterocycles. The van der Waals surface area contributed by atoms with Crippen molar-refractivity contribution in [2.75, 3.05) is 17.7 Å². The Morgan fingerprint density at radius 1 is 1.11 bits per heavy atom. The summed E-state index contributed by atoms with van der Waals surface area (Å²) in [4.78, 5) is 20.5. The number of hydrogen-bond acceptors (Lipinski definition) is 5. The average molecular weight is 265 g/mol. The van der Waals surface area contributed by atoms with Gasteiger partial charge in [-0.15, -0.1) is 0 Å². The van der Waals surface area contributed by atoms with Crippen LogP contribution < -0.4 is 16.0 Å². The molecule has 106 valence electrons. The van der Waals surface area contributed by atoms with Crippen LogP contribution in [0.4, 0.5) is 11.6 Å². The summed E-state index contributed by atoms with van der Waals surface area (Å²) in [6.45, 7) is 9.42. The maximum atomic E-state index is 11.9. The van der Waals surface area contributed by atoms with E-state index in [-0.39, 0.29) is 18.0 Å². The number of aryl methyl sites for hydroxylation is 1. The van der Waals surface area contributed by atoms with E-state index in [0.29, 0.717) is 11.6 Å². The normalized spacial score (nSPS) is 12.2. The summed E-state index contributed by atoms with van der Waals surface area (Å²) in [7, 11) is 1.81. The maximum absolute atomic E-state index is 11.9. The molecule has 3 N–H and O–H groups in total. The van der Waals surface area contributed by atoms with Gasteiger partial charge in [-0.1, -0.05) is 0 Å². The highest BCUT2D eigenvalue weighted by atomic mass is 16.2. The average Bonchev–Trinajstić information content (AvgIpc) is 2.32. The third-order valence-corrected chi connectivity index (χ3v) is 2.67. The van der Waals surface area contributed by atoms with E-state index in [1.807, 2.05) is 41.7 Å². The van der Waals surface area contributed by atoms with Crippen molar-refractivity contribution in [2.45, 2.75) is 46.7 Å². The van der Waals surface area contributed by atoms with E-state index in [4.69, 9.17) is 0 Å². The molecule has 19 heavy (non-hydrogen) atoms. The van der Waals surface area contributed by atoms with Gasteiger partial charge in [-0.05, 0) is 34.6 Å². The zero-order chi connectivity index (χ0) is 14.6. The lowest BCUT2D eigenvalue weighted by molar-refractivity contribution is -0.122. The van der Waals surface area contributed by atoms with Crippen LogP contribution in [0.2, 0.25) is 0 Å². The molecular formula is C13H23N5O. The summed E-state index contributed by atoms with van der Waals surface area (Å²) in [5, 5.41) is 9.01. The molecule has 1 atom stereocenters. The van der Waals surface area contributed by atoms with Crippen molar-refractivity contribution < 1.29 is 4.79 Å². The van der Waals surface area contributed by atoms with Crippen molar-refractivity contribution in [3.05, 3.63) is 11.4 Å². The third-order valence-electron chi connectivity index (χ3n) is 2.67. The molecule has 0 saturated heterocycles. The van der Waals surface area contributed by atoms with E-state index in [2.05, 4.69) is 25.9 Å². The van der Waals surface area contributed by atoms with Gasteiger partial charge in [0, 0.05) is 18.7 Å². The highest BCUT2D eigenvalue weighted by molar-refractivity contribution is 5.84. The zero-order valence-corrected chi connectivity index (χ0v) is 12.5. The van der Waals surface area contributed by atoms with Crippen molar-refractivity contribution in [1.82, 2.24) is 15.3 Å². The minimum Gasteiger partial charge on any atom is -0.373 e. The quantitative estimate of drug-likeness (QED) is 0.751. The monoisotopic (exact) mass is 265 g/mol. The Kier molecular flexibility index (Phi) is 5.09. The Bertz CT molecular complexity index is 459. The molecule has 1 aromatic rings. The van der Waals surface area contributed by atoms with Gasteiger partial charge < -0.3 is 16.0 Å². The second-order valence-electron chi connectivity index (χ2n) is 4.87. The summed E-state index contributed by atoms with van der Waals surface area (Å²) < 4.78 is 0. The van der Waals surface area contributed by atoms with E-state index in [1.165, 1.54) is 0 Å². The largest absolute Gasteiger partial charge is 0.373 e. The van der Waals surface area contributed by atoms with E-state index in [1.54, 1.807) is 0 Å². The molecule has 0 aromatic carbocycles. The summed E-state index contributed by atoms with van der Waals surface area (Å²) in [5.41, 5.74) is 0.900. The second kappa shape index (κ2) is 6.36. The van der Waals surface area contributed by atoms with Gasteiger partial charge in [0.25, 0.3) is 0 Å². The van der Waals surface area contributed by atoms with Gasteiger partial charge in [0.1, 0.15) is 23.5 Å². The summed E-state index contributed by atoms with van der Waals surface area (Å²) in [6, 6.07) is -0.224. The minimum atomic E-state index is -0.347. The first-order chi connectivity index (χ1) is 8.85. The number of carbonyl (C=O) groups excluding carboxylic acids is 1. The number of carbonyl (C=O) groups is 1. The van der Waals surface area contributed by atoms with Crippen LogP contribution in [0.1, 0.15) is 32.2 Å². The third kappa shape index (κ3) is 4.08. The van der Waals surface area contributed by atoms with Gasteiger partial charge in [0.05, 0.1) is 0 Å². The van der Waals surface area contributed by atoms with Gasteiger partial charge in [-0.25, -0.2) is 9.97 Å². The van der Waals surface area contributed by atoms with Crippen LogP contribution in [0.3, 0.4) is 0 Å². The van der Waals surface area contributed by atoms with Crippen molar-refractivity contribution in [1.29, 1.82) is 0 Å². The Morgan fingerprint density at radius 2 is 1.68 bits per heavy atom. The van der Waals surface area contributed by atoms with Crippen molar-refractivity contribution in [2.24, 2.45) is 0 Å². The van der Waals surface area contributed by atoms with E-state index < -0.39 is 0 Å². The molecule has 0 aliphatic rings. The van der Waals surface area contributed by atoms with Crippen LogP contribution in [-0.2, 0) is 4.79 Å². The molecular weight excluding hydrogens is 242 g/mol. The lowest BCUT2D eigenvalue weighted by Gasteiger charge is -2.18. The summed E-state index contributed by atoms with van der Waals surface area (Å²) >= 11 is 0. The van der Waals surface area contributed by atoms with E-state index in [0.717, 1.165) is 11.4 Å². The molecule has 1 aromatic heterocycles. The van der Waals surface area contributed by atoms with Crippen LogP contribution in [0.15, 0.2) is 0 Å². The van der Waals surface area contributed by atoms with Crippen molar-refractivity contribution >= 4 is 17.5 Å². The fraction of sp³-hybridized carbons (Fsp3) is 0.615. The molecule has 0 spiro atoms. The fourth-order valence-corrected chi connectivity index (χ4v) is 1.69. The number of nitrogens with zero attached hydrogens (tertiary/aromatic N) is 2. The molecule has 6 heteroatoms. The fourth-order valence-electron chi connectivity index (χ4n) is 1.69. The van der Waals surface area contributed by atoms with Crippen LogP contribution in [0.25, 0.3) is 0 Å². The standard InChI is InChI=1S/C13H23N5O/c1-7(2)15-13(19)9(4)16-12-8(3)11(14-6)17-10(5)18-12/h7,9H,1-6H3,(H,15,19)(H2,14,16,17,18). The number of rotatable bonds is 5. The molecule has 0 radical (unpaired) electrons. The van der Waals surface area contributed by atoms with Crippen LogP contribution in [-0.4, -0.2) is 35.0 Å². The SMILES string of the molecule is CNc1nc(C)nc(NC(C)C(=O)NC(C)C)c1C. The molecule has 0 aliphatic carbocycles. The topological polar surface area (TPSA) is 78.9 Å². The summed E-state index contributed by atoms with van der Waals surface area (Å²) in [6.07, 6.45) is 0. The Balaban J connectivity index is 2.87. The Labute approximate surface area is 114 Å². The molecule has 1 amide bonds. The molecule has 0 aliphatic heterocycles. The minimum absolute atomic E-state index is 0.0447. The Hall–Kier alpha value is -1.85. The number of hydrogen-bond donors (Lipinski definition) is 3. The maximum Gasteiger partial charge on any atom is 0.242 e. The lowest BCUT2D eigenvalue weighted by atomic mass is 10.2. The number of aromatic nitrogens is 2. The van der Waals surface area contributed by atoms with Gasteiger partial charge >= 0.3 is 0 Å². The first-order valence-corrected chi connectivity index (χ1v) is 6.45. The molecule has 0 saturated carbocycles. The van der Waals surface area contributed by atoms with E-state index in [9.17, 15) is 4.79 Å². The van der Waals surface area contributed by atoms with Gasteiger partial charge in [0.2, 0.25) is 5.91 Å². The van der Waals surface area contributed by atoms with Crippen LogP contribution in [0, 0.1) is 13.8 Å². The highest BCUT2D eigenvalue weighted by Crippen LogP contribution is 2.19. The predicted molar refractivity (Wildman–Crippen MR) is 77.4 cm³/mol. The molecule has 0 bridgehead atoms. The second-order valence-corrected chi connectivity index (χ2v) is 4.87. The first kappa shape index (κ1) is 15.2. The summed E-state index contributed by atoms with van der Waals surface area (Å²) in [5.74, 6) is 2.07. The molecule has 0 fully saturated rings. The number of anilines is 2. The lowest BCUT2D eigenvalue weighted by Crippen LogP contribution is -2.41. The predicted octanol–water partition coefficient (Wildman–Crippen LogP) is 1.46. The van der Waals surface area contributed by atoms with Crippen molar-refractivity contribution in [3.8, 4) is 0 Å². The molecule has 1 rings (SSSR count). The molecule has 6 nitrogen and oxygen atoms in total. The van der Waals surface area contributed by atoms with Crippen LogP contribution >= 0.6 is 0 Å².